The molecule has 0 saturated heterocycles. The average Bonchev–Trinajstić information content (AvgIpc) is 2.62. The topological polar surface area (TPSA) is 61.2 Å². The Bertz CT molecular complexity index is 1040. The molecule has 0 aliphatic carbocycles. The molecule has 0 amide bonds. The van der Waals surface area contributed by atoms with Crippen LogP contribution in [0.4, 0.5) is 13.2 Å². The summed E-state index contributed by atoms with van der Waals surface area (Å²) in [7, 11) is 0. The molecule has 1 heterocycles. The highest BCUT2D eigenvalue weighted by Crippen LogP contribution is 2.34. The first-order valence-electron chi connectivity index (χ1n) is 7.70. The van der Waals surface area contributed by atoms with Crippen LogP contribution in [-0.2, 0) is 10.9 Å². The minimum absolute atomic E-state index is 0.00587. The van der Waals surface area contributed by atoms with Crippen molar-refractivity contribution in [1.82, 2.24) is 9.78 Å². The lowest BCUT2D eigenvalue weighted by Gasteiger charge is -2.16. The highest BCUT2D eigenvalue weighted by Gasteiger charge is 2.34. The molecule has 0 unspecified atom stereocenters. The average molecular weight is 362 g/mol. The number of carbonyl (C=O) groups excluding carboxylic acids is 1. The maximum absolute atomic E-state index is 13.4. The first kappa shape index (κ1) is 17.7. The van der Waals surface area contributed by atoms with Gasteiger partial charge in [-0.25, -0.2) is 9.48 Å². The lowest BCUT2D eigenvalue weighted by Crippen LogP contribution is -2.25. The third-order valence-electron chi connectivity index (χ3n) is 3.70. The second-order valence-electron chi connectivity index (χ2n) is 5.34. The van der Waals surface area contributed by atoms with Crippen LogP contribution >= 0.6 is 0 Å². The number of carbonyl (C=O) groups is 1. The number of nitrogens with zero attached hydrogens (tertiary/aromatic N) is 2. The van der Waals surface area contributed by atoms with Gasteiger partial charge in [0.15, 0.2) is 0 Å². The van der Waals surface area contributed by atoms with E-state index in [2.05, 4.69) is 5.10 Å². The van der Waals surface area contributed by atoms with Crippen molar-refractivity contribution in [2.24, 2.45) is 0 Å². The van der Waals surface area contributed by atoms with E-state index in [0.29, 0.717) is 0 Å². The van der Waals surface area contributed by atoms with Crippen LogP contribution in [-0.4, -0.2) is 22.4 Å². The molecule has 3 rings (SSSR count). The fourth-order valence-electron chi connectivity index (χ4n) is 2.59. The van der Waals surface area contributed by atoms with Gasteiger partial charge in [-0.2, -0.15) is 18.3 Å². The summed E-state index contributed by atoms with van der Waals surface area (Å²) in [5.41, 5.74) is -2.33. The van der Waals surface area contributed by atoms with Crippen LogP contribution in [0.3, 0.4) is 0 Å². The number of hydrogen-bond donors (Lipinski definition) is 0. The van der Waals surface area contributed by atoms with Crippen LogP contribution in [0.25, 0.3) is 16.6 Å². The van der Waals surface area contributed by atoms with Gasteiger partial charge in [-0.3, -0.25) is 4.79 Å². The van der Waals surface area contributed by atoms with Crippen LogP contribution in [0.5, 0.6) is 0 Å². The van der Waals surface area contributed by atoms with Gasteiger partial charge < -0.3 is 4.74 Å². The third-order valence-corrected chi connectivity index (χ3v) is 3.70. The maximum Gasteiger partial charge on any atom is 0.418 e. The van der Waals surface area contributed by atoms with Crippen LogP contribution in [0.1, 0.15) is 23.0 Å². The summed E-state index contributed by atoms with van der Waals surface area (Å²) in [4.78, 5) is 24.6. The van der Waals surface area contributed by atoms with E-state index >= 15 is 0 Å². The van der Waals surface area contributed by atoms with E-state index < -0.39 is 28.8 Å². The number of para-hydroxylation sites is 2. The molecule has 5 nitrogen and oxygen atoms in total. The Morgan fingerprint density at radius 1 is 1.12 bits per heavy atom. The Hall–Kier alpha value is -3.16. The SMILES string of the molecule is CCOC(=O)c1nn(-c2ccccc2C(F)(F)F)c2ccccc2c1=O. The summed E-state index contributed by atoms with van der Waals surface area (Å²) < 4.78 is 46.0. The summed E-state index contributed by atoms with van der Waals surface area (Å²) in [6.07, 6.45) is -4.63. The largest absolute Gasteiger partial charge is 0.461 e. The Morgan fingerprint density at radius 2 is 1.77 bits per heavy atom. The quantitative estimate of drug-likeness (QED) is 0.668. The van der Waals surface area contributed by atoms with E-state index in [0.717, 1.165) is 10.7 Å². The first-order chi connectivity index (χ1) is 12.3. The number of ether oxygens (including phenoxy) is 1. The fourth-order valence-corrected chi connectivity index (χ4v) is 2.59. The number of esters is 1. The molecule has 1 aromatic heterocycles. The summed E-state index contributed by atoms with van der Waals surface area (Å²) in [5.74, 6) is -0.985. The molecule has 0 N–H and O–H groups in total. The van der Waals surface area contributed by atoms with Crippen LogP contribution in [0, 0.1) is 0 Å². The molecule has 0 bridgehead atoms. The van der Waals surface area contributed by atoms with Gasteiger partial charge in [0.25, 0.3) is 0 Å². The van der Waals surface area contributed by atoms with E-state index in [-0.39, 0.29) is 23.2 Å². The number of aromatic nitrogens is 2. The summed E-state index contributed by atoms with van der Waals surface area (Å²) in [6, 6.07) is 10.8. The van der Waals surface area contributed by atoms with E-state index in [1.807, 2.05) is 0 Å². The number of benzene rings is 2. The summed E-state index contributed by atoms with van der Waals surface area (Å²) >= 11 is 0. The molecule has 0 saturated carbocycles. The zero-order valence-corrected chi connectivity index (χ0v) is 13.6. The van der Waals surface area contributed by atoms with Crippen LogP contribution in [0.2, 0.25) is 0 Å². The third kappa shape index (κ3) is 3.05. The lowest BCUT2D eigenvalue weighted by atomic mass is 10.1. The Kier molecular flexibility index (Phi) is 4.50. The Balaban J connectivity index is 2.39. The second-order valence-corrected chi connectivity index (χ2v) is 5.34. The van der Waals surface area contributed by atoms with Crippen molar-refractivity contribution in [3.63, 3.8) is 0 Å². The van der Waals surface area contributed by atoms with E-state index in [9.17, 15) is 22.8 Å². The number of fused-ring (bicyclic) bond motifs is 1. The molecule has 8 heteroatoms. The number of alkyl halides is 3. The maximum atomic E-state index is 13.4. The van der Waals surface area contributed by atoms with Crippen molar-refractivity contribution in [2.75, 3.05) is 6.61 Å². The highest BCUT2D eigenvalue weighted by molar-refractivity contribution is 5.92. The standard InChI is InChI=1S/C18H13F3N2O3/c1-2-26-17(25)15-16(24)11-7-3-5-9-13(11)23(22-15)14-10-6-4-8-12(14)18(19,20)21/h3-10H,2H2,1H3. The molecule has 0 fully saturated rings. The van der Waals surface area contributed by atoms with Crippen molar-refractivity contribution >= 4 is 16.9 Å². The zero-order valence-electron chi connectivity index (χ0n) is 13.6. The molecule has 26 heavy (non-hydrogen) atoms. The molecule has 0 radical (unpaired) electrons. The van der Waals surface area contributed by atoms with Crippen molar-refractivity contribution in [3.05, 3.63) is 70.0 Å². The van der Waals surface area contributed by atoms with E-state index in [1.165, 1.54) is 30.3 Å². The van der Waals surface area contributed by atoms with Crippen LogP contribution in [0.15, 0.2) is 53.3 Å². The molecule has 0 aliphatic heterocycles. The predicted octanol–water partition coefficient (Wildman–Crippen LogP) is 3.58. The Labute approximate surface area is 145 Å². The van der Waals surface area contributed by atoms with Crippen molar-refractivity contribution in [1.29, 1.82) is 0 Å². The molecular formula is C18H13F3N2O3. The number of hydrogen-bond acceptors (Lipinski definition) is 4. The van der Waals surface area contributed by atoms with Gasteiger partial charge in [-0.15, -0.1) is 0 Å². The number of rotatable bonds is 3. The van der Waals surface area contributed by atoms with Gasteiger partial charge in [0.05, 0.1) is 28.8 Å². The van der Waals surface area contributed by atoms with Crippen molar-refractivity contribution in [3.8, 4) is 5.69 Å². The molecule has 0 atom stereocenters. The molecule has 0 spiro atoms. The molecule has 134 valence electrons. The van der Waals surface area contributed by atoms with Crippen molar-refractivity contribution in [2.45, 2.75) is 13.1 Å². The summed E-state index contributed by atoms with van der Waals surface area (Å²) in [5, 5.41) is 3.96. The minimum Gasteiger partial charge on any atom is -0.461 e. The molecule has 3 aromatic rings. The van der Waals surface area contributed by atoms with E-state index in [4.69, 9.17) is 4.74 Å². The van der Waals surface area contributed by atoms with Gasteiger partial charge >= 0.3 is 12.1 Å². The minimum atomic E-state index is -4.63. The van der Waals surface area contributed by atoms with Crippen LogP contribution < -0.4 is 5.43 Å². The molecule has 2 aromatic carbocycles. The van der Waals surface area contributed by atoms with Gasteiger partial charge in [0.2, 0.25) is 11.1 Å². The van der Waals surface area contributed by atoms with Gasteiger partial charge in [-0.1, -0.05) is 24.3 Å². The second kappa shape index (κ2) is 6.62. The Morgan fingerprint density at radius 3 is 2.46 bits per heavy atom. The predicted molar refractivity (Wildman–Crippen MR) is 88.3 cm³/mol. The highest BCUT2D eigenvalue weighted by atomic mass is 19.4. The van der Waals surface area contributed by atoms with E-state index in [1.54, 1.807) is 19.1 Å². The molecular weight excluding hydrogens is 349 g/mol. The van der Waals surface area contributed by atoms with Gasteiger partial charge in [0.1, 0.15) is 0 Å². The molecule has 0 aliphatic rings. The van der Waals surface area contributed by atoms with Gasteiger partial charge in [0, 0.05) is 0 Å². The monoisotopic (exact) mass is 362 g/mol. The number of halogens is 3. The van der Waals surface area contributed by atoms with Crippen molar-refractivity contribution < 1.29 is 22.7 Å². The normalized spacial score (nSPS) is 11.5. The fraction of sp³-hybridized carbons (Fsp3) is 0.167. The summed E-state index contributed by atoms with van der Waals surface area (Å²) in [6.45, 7) is 1.56. The zero-order chi connectivity index (χ0) is 18.9. The first-order valence-corrected chi connectivity index (χ1v) is 7.70. The smallest absolute Gasteiger partial charge is 0.418 e. The van der Waals surface area contributed by atoms with Gasteiger partial charge in [-0.05, 0) is 31.2 Å². The lowest BCUT2D eigenvalue weighted by molar-refractivity contribution is -0.137.